The summed E-state index contributed by atoms with van der Waals surface area (Å²) in [5.41, 5.74) is 4.37. The van der Waals surface area contributed by atoms with Crippen LogP contribution in [0.3, 0.4) is 0 Å². The molecule has 6 nitrogen and oxygen atoms in total. The number of benzene rings is 1. The minimum atomic E-state index is -0.212. The van der Waals surface area contributed by atoms with E-state index in [0.717, 1.165) is 11.3 Å². The number of carbonyl (C=O) groups excluding carboxylic acids is 1. The van der Waals surface area contributed by atoms with Crippen LogP contribution in [0.1, 0.15) is 15.9 Å². The monoisotopic (exact) mass is 272 g/mol. The van der Waals surface area contributed by atoms with E-state index in [1.54, 1.807) is 19.4 Å². The molecular formula is C14H16N4O2. The number of carbonyl (C=O) groups is 1. The fourth-order valence-electron chi connectivity index (χ4n) is 1.73. The smallest absolute Gasteiger partial charge is 0.253 e. The number of ether oxygens (including phenoxy) is 1. The van der Waals surface area contributed by atoms with E-state index in [2.05, 4.69) is 15.7 Å². The van der Waals surface area contributed by atoms with Crippen molar-refractivity contribution >= 4 is 11.6 Å². The normalized spacial score (nSPS) is 9.90. The zero-order chi connectivity index (χ0) is 14.4. The molecule has 0 aliphatic carbocycles. The number of hydrazine groups is 1. The lowest BCUT2D eigenvalue weighted by molar-refractivity contribution is 0.0951. The molecule has 1 amide bonds. The summed E-state index contributed by atoms with van der Waals surface area (Å²) in [7, 11) is 1.61. The Morgan fingerprint density at radius 2 is 2.05 bits per heavy atom. The van der Waals surface area contributed by atoms with Gasteiger partial charge in [-0.3, -0.25) is 15.6 Å². The Kier molecular flexibility index (Phi) is 4.52. The summed E-state index contributed by atoms with van der Waals surface area (Å²) in [6.07, 6.45) is 3.05. The van der Waals surface area contributed by atoms with Gasteiger partial charge in [-0.1, -0.05) is 12.1 Å². The fraction of sp³-hybridized carbons (Fsp3) is 0.143. The van der Waals surface area contributed by atoms with E-state index in [1.165, 1.54) is 6.20 Å². The van der Waals surface area contributed by atoms with Gasteiger partial charge >= 0.3 is 0 Å². The van der Waals surface area contributed by atoms with E-state index in [1.807, 2.05) is 24.3 Å². The van der Waals surface area contributed by atoms with Crippen LogP contribution in [0.25, 0.3) is 0 Å². The molecule has 1 aromatic heterocycles. The maximum absolute atomic E-state index is 12.1. The molecule has 0 unspecified atom stereocenters. The molecule has 0 radical (unpaired) electrons. The van der Waals surface area contributed by atoms with Gasteiger partial charge in [0.2, 0.25) is 0 Å². The van der Waals surface area contributed by atoms with E-state index in [0.29, 0.717) is 17.8 Å². The van der Waals surface area contributed by atoms with Crippen LogP contribution in [0.15, 0.2) is 42.7 Å². The Morgan fingerprint density at radius 3 is 2.70 bits per heavy atom. The topological polar surface area (TPSA) is 89.3 Å². The lowest BCUT2D eigenvalue weighted by Gasteiger charge is -2.09. The van der Waals surface area contributed by atoms with Crippen LogP contribution in [0.4, 0.5) is 5.69 Å². The van der Waals surface area contributed by atoms with Gasteiger partial charge in [-0.05, 0) is 23.8 Å². The Hall–Kier alpha value is -2.60. The molecular weight excluding hydrogens is 256 g/mol. The first-order chi connectivity index (χ1) is 9.74. The molecule has 0 fully saturated rings. The second-order valence-electron chi connectivity index (χ2n) is 4.10. The van der Waals surface area contributed by atoms with Gasteiger partial charge in [0.15, 0.2) is 0 Å². The lowest BCUT2D eigenvalue weighted by Crippen LogP contribution is -2.24. The van der Waals surface area contributed by atoms with Gasteiger partial charge in [0.05, 0.1) is 24.6 Å². The number of nitrogens with two attached hydrogens (primary N) is 1. The number of nitrogens with zero attached hydrogens (tertiary/aromatic N) is 1. The van der Waals surface area contributed by atoms with Crippen molar-refractivity contribution in [2.24, 2.45) is 5.84 Å². The molecule has 0 saturated carbocycles. The number of anilines is 1. The van der Waals surface area contributed by atoms with Crippen LogP contribution in [0.5, 0.6) is 5.75 Å². The van der Waals surface area contributed by atoms with Crippen molar-refractivity contribution < 1.29 is 9.53 Å². The minimum Gasteiger partial charge on any atom is -0.497 e. The molecule has 2 rings (SSSR count). The summed E-state index contributed by atoms with van der Waals surface area (Å²) in [6, 6.07) is 9.10. The van der Waals surface area contributed by atoms with E-state index in [4.69, 9.17) is 10.6 Å². The van der Waals surface area contributed by atoms with Crippen LogP contribution >= 0.6 is 0 Å². The van der Waals surface area contributed by atoms with Crippen molar-refractivity contribution in [1.82, 2.24) is 10.3 Å². The quantitative estimate of drug-likeness (QED) is 0.564. The number of nitrogens with one attached hydrogen (secondary N) is 2. The largest absolute Gasteiger partial charge is 0.497 e. The fourth-order valence-corrected chi connectivity index (χ4v) is 1.73. The van der Waals surface area contributed by atoms with E-state index in [9.17, 15) is 4.79 Å². The highest BCUT2D eigenvalue weighted by Crippen LogP contribution is 2.13. The summed E-state index contributed by atoms with van der Waals surface area (Å²) < 4.78 is 5.08. The number of amides is 1. The predicted molar refractivity (Wildman–Crippen MR) is 76.2 cm³/mol. The number of methoxy groups -OCH3 is 1. The molecule has 1 aromatic carbocycles. The third kappa shape index (κ3) is 3.24. The molecule has 104 valence electrons. The third-order valence-corrected chi connectivity index (χ3v) is 2.83. The number of rotatable bonds is 5. The van der Waals surface area contributed by atoms with Gasteiger partial charge in [0.1, 0.15) is 5.75 Å². The van der Waals surface area contributed by atoms with Crippen LogP contribution in [0.2, 0.25) is 0 Å². The van der Waals surface area contributed by atoms with Gasteiger partial charge in [0.25, 0.3) is 5.91 Å². The standard InChI is InChI=1S/C14H16N4O2/c1-20-11-4-2-10(3-5-11)8-17-14(19)12-6-7-16-9-13(12)18-15/h2-7,9,18H,8,15H2,1H3,(H,17,19). The number of pyridine rings is 1. The maximum atomic E-state index is 12.1. The summed E-state index contributed by atoms with van der Waals surface area (Å²) in [6.45, 7) is 0.426. The Balaban J connectivity index is 2.01. The summed E-state index contributed by atoms with van der Waals surface area (Å²) in [5.74, 6) is 5.91. The van der Waals surface area contributed by atoms with Gasteiger partial charge in [-0.25, -0.2) is 0 Å². The molecule has 0 aliphatic heterocycles. The highest BCUT2D eigenvalue weighted by Gasteiger charge is 2.10. The molecule has 0 atom stereocenters. The van der Waals surface area contributed by atoms with Gasteiger partial charge < -0.3 is 15.5 Å². The third-order valence-electron chi connectivity index (χ3n) is 2.83. The first-order valence-electron chi connectivity index (χ1n) is 6.06. The molecule has 0 bridgehead atoms. The molecule has 0 spiro atoms. The summed E-state index contributed by atoms with van der Waals surface area (Å²) in [5, 5.41) is 2.82. The average molecular weight is 272 g/mol. The zero-order valence-corrected chi connectivity index (χ0v) is 11.1. The Morgan fingerprint density at radius 1 is 1.30 bits per heavy atom. The van der Waals surface area contributed by atoms with Gasteiger partial charge in [-0.15, -0.1) is 0 Å². The Labute approximate surface area is 116 Å². The Bertz CT molecular complexity index is 584. The van der Waals surface area contributed by atoms with Crippen molar-refractivity contribution in [3.8, 4) is 5.75 Å². The van der Waals surface area contributed by atoms with E-state index in [-0.39, 0.29) is 5.91 Å². The molecule has 0 aliphatic rings. The molecule has 0 saturated heterocycles. The zero-order valence-electron chi connectivity index (χ0n) is 11.1. The van der Waals surface area contributed by atoms with Gasteiger partial charge in [-0.2, -0.15) is 0 Å². The molecule has 20 heavy (non-hydrogen) atoms. The number of hydrogen-bond donors (Lipinski definition) is 3. The average Bonchev–Trinajstić information content (AvgIpc) is 2.53. The van der Waals surface area contributed by atoms with Crippen molar-refractivity contribution in [1.29, 1.82) is 0 Å². The van der Waals surface area contributed by atoms with Crippen molar-refractivity contribution in [2.75, 3.05) is 12.5 Å². The van der Waals surface area contributed by atoms with E-state index < -0.39 is 0 Å². The highest BCUT2D eigenvalue weighted by atomic mass is 16.5. The first-order valence-corrected chi connectivity index (χ1v) is 6.06. The van der Waals surface area contributed by atoms with E-state index >= 15 is 0 Å². The molecule has 2 aromatic rings. The van der Waals surface area contributed by atoms with Crippen molar-refractivity contribution in [3.63, 3.8) is 0 Å². The summed E-state index contributed by atoms with van der Waals surface area (Å²) in [4.78, 5) is 16.0. The molecule has 1 heterocycles. The number of hydrogen-bond acceptors (Lipinski definition) is 5. The van der Waals surface area contributed by atoms with Crippen LogP contribution in [-0.2, 0) is 6.54 Å². The molecule has 4 N–H and O–H groups in total. The SMILES string of the molecule is COc1ccc(CNC(=O)c2ccncc2NN)cc1. The second-order valence-corrected chi connectivity index (χ2v) is 4.10. The predicted octanol–water partition coefficient (Wildman–Crippen LogP) is 1.31. The highest BCUT2D eigenvalue weighted by molar-refractivity contribution is 5.99. The van der Waals surface area contributed by atoms with Gasteiger partial charge in [0, 0.05) is 12.7 Å². The molecule has 6 heteroatoms. The minimum absolute atomic E-state index is 0.212. The summed E-state index contributed by atoms with van der Waals surface area (Å²) >= 11 is 0. The van der Waals surface area contributed by atoms with Crippen LogP contribution < -0.4 is 21.3 Å². The van der Waals surface area contributed by atoms with Crippen LogP contribution in [-0.4, -0.2) is 18.0 Å². The number of nitrogen functional groups attached to an aromatic ring is 1. The number of aromatic nitrogens is 1. The lowest BCUT2D eigenvalue weighted by atomic mass is 10.2. The maximum Gasteiger partial charge on any atom is 0.253 e. The van der Waals surface area contributed by atoms with Crippen LogP contribution in [0, 0.1) is 0 Å². The van der Waals surface area contributed by atoms with Crippen molar-refractivity contribution in [3.05, 3.63) is 53.9 Å². The van der Waals surface area contributed by atoms with Crippen molar-refractivity contribution in [2.45, 2.75) is 6.54 Å². The first kappa shape index (κ1) is 13.8. The second kappa shape index (κ2) is 6.53.